The molecule has 0 spiro atoms. The number of anilines is 1. The highest BCUT2D eigenvalue weighted by Gasteiger charge is 2.35. The fraction of sp³-hybridized carbons (Fsp3) is 0.571. The first-order valence-electron chi connectivity index (χ1n) is 6.42. The first-order chi connectivity index (χ1) is 8.56. The Morgan fingerprint density at radius 3 is 2.83 bits per heavy atom. The van der Waals surface area contributed by atoms with Crippen LogP contribution in [0, 0.1) is 0 Å². The number of aliphatic hydroxyl groups is 1. The van der Waals surface area contributed by atoms with Gasteiger partial charge in [0.25, 0.3) is 0 Å². The predicted molar refractivity (Wildman–Crippen MR) is 76.4 cm³/mol. The highest BCUT2D eigenvalue weighted by atomic mass is 35.5. The second-order valence-corrected chi connectivity index (χ2v) is 5.83. The van der Waals surface area contributed by atoms with Crippen molar-refractivity contribution in [3.63, 3.8) is 0 Å². The van der Waals surface area contributed by atoms with E-state index in [4.69, 9.17) is 11.6 Å². The van der Waals surface area contributed by atoms with Gasteiger partial charge >= 0.3 is 0 Å². The lowest BCUT2D eigenvalue weighted by Crippen LogP contribution is -2.52. The summed E-state index contributed by atoms with van der Waals surface area (Å²) in [5, 5.41) is 13.8. The molecule has 0 amide bonds. The van der Waals surface area contributed by atoms with Crippen molar-refractivity contribution >= 4 is 17.3 Å². The second-order valence-electron chi connectivity index (χ2n) is 5.42. The van der Waals surface area contributed by atoms with Crippen molar-refractivity contribution in [1.29, 1.82) is 0 Å². The van der Waals surface area contributed by atoms with Crippen molar-refractivity contribution in [2.24, 2.45) is 0 Å². The number of aliphatic hydroxyl groups excluding tert-OH is 1. The number of hydrogen-bond donors (Lipinski definition) is 2. The van der Waals surface area contributed by atoms with Crippen LogP contribution in [0.5, 0.6) is 0 Å². The Morgan fingerprint density at radius 1 is 1.44 bits per heavy atom. The first-order valence-corrected chi connectivity index (χ1v) is 6.79. The maximum Gasteiger partial charge on any atom is 0.0651 e. The summed E-state index contributed by atoms with van der Waals surface area (Å²) in [6, 6.07) is 7.91. The third-order valence-corrected chi connectivity index (χ3v) is 3.95. The summed E-state index contributed by atoms with van der Waals surface area (Å²) in [7, 11) is 0. The molecule has 3 nitrogen and oxygen atoms in total. The minimum Gasteiger partial charge on any atom is -0.394 e. The van der Waals surface area contributed by atoms with E-state index in [1.54, 1.807) is 0 Å². The maximum atomic E-state index is 9.65. The van der Waals surface area contributed by atoms with Gasteiger partial charge in [0.05, 0.1) is 23.4 Å². The van der Waals surface area contributed by atoms with E-state index in [1.807, 2.05) is 24.3 Å². The fourth-order valence-electron chi connectivity index (χ4n) is 2.69. The lowest BCUT2D eigenvalue weighted by molar-refractivity contribution is 0.245. The number of para-hydroxylation sites is 1. The van der Waals surface area contributed by atoms with Gasteiger partial charge in [0.1, 0.15) is 0 Å². The molecule has 1 heterocycles. The molecule has 0 aliphatic carbocycles. The van der Waals surface area contributed by atoms with Gasteiger partial charge in [-0.3, -0.25) is 0 Å². The van der Waals surface area contributed by atoms with Gasteiger partial charge in [-0.15, -0.1) is 0 Å². The summed E-state index contributed by atoms with van der Waals surface area (Å²) >= 11 is 6.32. The molecule has 1 aliphatic rings. The van der Waals surface area contributed by atoms with Gasteiger partial charge in [0, 0.05) is 12.1 Å². The third-order valence-electron chi connectivity index (χ3n) is 3.63. The fourth-order valence-corrected chi connectivity index (χ4v) is 2.91. The molecule has 0 radical (unpaired) electrons. The van der Waals surface area contributed by atoms with E-state index >= 15 is 0 Å². The molecule has 18 heavy (non-hydrogen) atoms. The van der Waals surface area contributed by atoms with E-state index in [0.717, 1.165) is 30.2 Å². The topological polar surface area (TPSA) is 35.5 Å². The molecule has 1 saturated heterocycles. The Morgan fingerprint density at radius 2 is 2.17 bits per heavy atom. The molecule has 1 aromatic rings. The van der Waals surface area contributed by atoms with Gasteiger partial charge in [-0.2, -0.15) is 0 Å². The SMILES string of the molecule is CC1(C)CCNCC(CO)N1c1ccccc1Cl. The Hall–Kier alpha value is -0.770. The molecule has 1 atom stereocenters. The smallest absolute Gasteiger partial charge is 0.0651 e. The van der Waals surface area contributed by atoms with E-state index in [1.165, 1.54) is 0 Å². The molecule has 1 aliphatic heterocycles. The van der Waals surface area contributed by atoms with Crippen molar-refractivity contribution < 1.29 is 5.11 Å². The monoisotopic (exact) mass is 268 g/mol. The first kappa shape index (κ1) is 13.7. The van der Waals surface area contributed by atoms with Gasteiger partial charge in [0.2, 0.25) is 0 Å². The van der Waals surface area contributed by atoms with Crippen molar-refractivity contribution in [2.75, 3.05) is 24.6 Å². The number of rotatable bonds is 2. The summed E-state index contributed by atoms with van der Waals surface area (Å²) in [6.07, 6.45) is 1.02. The van der Waals surface area contributed by atoms with Crippen LogP contribution in [0.1, 0.15) is 20.3 Å². The van der Waals surface area contributed by atoms with Crippen molar-refractivity contribution in [1.82, 2.24) is 5.32 Å². The quantitative estimate of drug-likeness (QED) is 0.864. The van der Waals surface area contributed by atoms with Crippen molar-refractivity contribution in [2.45, 2.75) is 31.8 Å². The molecule has 1 unspecified atom stereocenters. The third kappa shape index (κ3) is 2.63. The van der Waals surface area contributed by atoms with E-state index in [2.05, 4.69) is 24.1 Å². The van der Waals surface area contributed by atoms with E-state index in [9.17, 15) is 5.11 Å². The highest BCUT2D eigenvalue weighted by Crippen LogP contribution is 2.35. The van der Waals surface area contributed by atoms with Crippen LogP contribution in [0.2, 0.25) is 5.02 Å². The molecule has 0 bridgehead atoms. The maximum absolute atomic E-state index is 9.65. The molecule has 1 fully saturated rings. The Labute approximate surface area is 114 Å². The number of benzene rings is 1. The van der Waals surface area contributed by atoms with Gasteiger partial charge < -0.3 is 15.3 Å². The standard InChI is InChI=1S/C14H21ClN2O/c1-14(2)7-8-16-9-11(10-18)17(14)13-6-4-3-5-12(13)15/h3-6,11,16,18H,7-10H2,1-2H3. The summed E-state index contributed by atoms with van der Waals surface area (Å²) < 4.78 is 0. The number of hydrogen-bond acceptors (Lipinski definition) is 3. The molecule has 1 aromatic carbocycles. The Balaban J connectivity index is 2.43. The summed E-state index contributed by atoms with van der Waals surface area (Å²) in [6.45, 7) is 6.27. The summed E-state index contributed by atoms with van der Waals surface area (Å²) in [4.78, 5) is 2.26. The minimum atomic E-state index is -0.0259. The Bertz CT molecular complexity index is 409. The van der Waals surface area contributed by atoms with Crippen LogP contribution in [0.15, 0.2) is 24.3 Å². The number of nitrogens with zero attached hydrogens (tertiary/aromatic N) is 1. The number of nitrogens with one attached hydrogen (secondary N) is 1. The second kappa shape index (κ2) is 5.47. The molecular formula is C14H21ClN2O. The van der Waals surface area contributed by atoms with Crippen LogP contribution in [0.3, 0.4) is 0 Å². The average Bonchev–Trinajstić information content (AvgIpc) is 2.48. The molecule has 4 heteroatoms. The molecule has 0 aromatic heterocycles. The van der Waals surface area contributed by atoms with Crippen molar-refractivity contribution in [3.8, 4) is 0 Å². The van der Waals surface area contributed by atoms with E-state index in [0.29, 0.717) is 0 Å². The Kier molecular flexibility index (Phi) is 4.15. The normalized spacial score (nSPS) is 23.8. The molecule has 100 valence electrons. The average molecular weight is 269 g/mol. The summed E-state index contributed by atoms with van der Waals surface area (Å²) in [5.74, 6) is 0. The van der Waals surface area contributed by atoms with Crippen LogP contribution in [-0.4, -0.2) is 36.4 Å². The van der Waals surface area contributed by atoms with Crippen molar-refractivity contribution in [3.05, 3.63) is 29.3 Å². The molecule has 2 N–H and O–H groups in total. The zero-order chi connectivity index (χ0) is 13.2. The minimum absolute atomic E-state index is 0.0259. The van der Waals surface area contributed by atoms with Gasteiger partial charge in [-0.05, 0) is 38.9 Å². The van der Waals surface area contributed by atoms with Gasteiger partial charge in [0.15, 0.2) is 0 Å². The zero-order valence-corrected chi connectivity index (χ0v) is 11.7. The lowest BCUT2D eigenvalue weighted by Gasteiger charge is -2.43. The molecule has 0 saturated carbocycles. The molecule has 2 rings (SSSR count). The molecular weight excluding hydrogens is 248 g/mol. The van der Waals surface area contributed by atoms with Crippen LogP contribution in [0.4, 0.5) is 5.69 Å². The van der Waals surface area contributed by atoms with Crippen LogP contribution in [-0.2, 0) is 0 Å². The van der Waals surface area contributed by atoms with Crippen LogP contribution >= 0.6 is 11.6 Å². The predicted octanol–water partition coefficient (Wildman–Crippen LogP) is 2.28. The zero-order valence-electron chi connectivity index (χ0n) is 11.0. The van der Waals surface area contributed by atoms with Crippen LogP contribution in [0.25, 0.3) is 0 Å². The highest BCUT2D eigenvalue weighted by molar-refractivity contribution is 6.33. The van der Waals surface area contributed by atoms with Gasteiger partial charge in [-0.25, -0.2) is 0 Å². The van der Waals surface area contributed by atoms with E-state index < -0.39 is 0 Å². The summed E-state index contributed by atoms with van der Waals surface area (Å²) in [5.41, 5.74) is 0.981. The lowest BCUT2D eigenvalue weighted by atomic mass is 9.96. The largest absolute Gasteiger partial charge is 0.394 e. The van der Waals surface area contributed by atoms with Gasteiger partial charge in [-0.1, -0.05) is 23.7 Å². The van der Waals surface area contributed by atoms with E-state index in [-0.39, 0.29) is 18.2 Å². The number of halogens is 1. The van der Waals surface area contributed by atoms with Crippen LogP contribution < -0.4 is 10.2 Å².